The van der Waals surface area contributed by atoms with Crippen molar-refractivity contribution in [1.29, 1.82) is 0 Å². The summed E-state index contributed by atoms with van der Waals surface area (Å²) in [5.74, 6) is -0.289. The van der Waals surface area contributed by atoms with E-state index in [1.165, 1.54) is 11.3 Å². The van der Waals surface area contributed by atoms with Crippen LogP contribution in [0.3, 0.4) is 0 Å². The number of hydrogen-bond donors (Lipinski definition) is 2. The Balaban J connectivity index is 1.80. The van der Waals surface area contributed by atoms with Crippen molar-refractivity contribution in [2.75, 3.05) is 5.73 Å². The summed E-state index contributed by atoms with van der Waals surface area (Å²) in [6.45, 7) is 4.16. The summed E-state index contributed by atoms with van der Waals surface area (Å²) in [5.41, 5.74) is 9.20. The van der Waals surface area contributed by atoms with Gasteiger partial charge in [-0.25, -0.2) is 15.0 Å². The zero-order valence-electron chi connectivity index (χ0n) is 13.3. The van der Waals surface area contributed by atoms with E-state index in [2.05, 4.69) is 25.3 Å². The SMILES string of the molecule is Cc1csc(-c2cc(C(=O)NCc3ncccc3C)nc(N)n2)n1. The molecule has 0 unspecified atom stereocenters. The molecule has 0 aromatic carbocycles. The van der Waals surface area contributed by atoms with Crippen LogP contribution in [0.25, 0.3) is 10.7 Å². The maximum atomic E-state index is 12.4. The Hall–Kier alpha value is -2.87. The van der Waals surface area contributed by atoms with E-state index in [4.69, 9.17) is 5.73 Å². The van der Waals surface area contributed by atoms with Gasteiger partial charge in [0, 0.05) is 17.3 Å². The second kappa shape index (κ2) is 6.71. The van der Waals surface area contributed by atoms with Gasteiger partial charge in [0.15, 0.2) is 0 Å². The number of aryl methyl sites for hydroxylation is 2. The van der Waals surface area contributed by atoms with E-state index in [0.717, 1.165) is 17.0 Å². The van der Waals surface area contributed by atoms with Crippen LogP contribution >= 0.6 is 11.3 Å². The van der Waals surface area contributed by atoms with Gasteiger partial charge < -0.3 is 11.1 Å². The van der Waals surface area contributed by atoms with E-state index < -0.39 is 0 Å². The predicted octanol–water partition coefficient (Wildman–Crippen LogP) is 2.12. The Morgan fingerprint density at radius 1 is 1.29 bits per heavy atom. The lowest BCUT2D eigenvalue weighted by molar-refractivity contribution is 0.0945. The molecule has 0 radical (unpaired) electrons. The lowest BCUT2D eigenvalue weighted by atomic mass is 10.2. The fourth-order valence-electron chi connectivity index (χ4n) is 2.12. The molecule has 0 aliphatic rings. The summed E-state index contributed by atoms with van der Waals surface area (Å²) >= 11 is 1.45. The lowest BCUT2D eigenvalue weighted by Crippen LogP contribution is -2.25. The number of pyridine rings is 1. The molecule has 3 aromatic rings. The molecular formula is C16H16N6OS. The van der Waals surface area contributed by atoms with Crippen molar-refractivity contribution in [3.05, 3.63) is 52.4 Å². The van der Waals surface area contributed by atoms with Gasteiger partial charge in [-0.1, -0.05) is 6.07 Å². The third kappa shape index (κ3) is 3.54. The number of carbonyl (C=O) groups excluding carboxylic acids is 1. The molecule has 0 aliphatic carbocycles. The van der Waals surface area contributed by atoms with Crippen LogP contribution < -0.4 is 11.1 Å². The zero-order chi connectivity index (χ0) is 17.1. The molecule has 122 valence electrons. The maximum Gasteiger partial charge on any atom is 0.270 e. The molecule has 3 rings (SSSR count). The van der Waals surface area contributed by atoms with Crippen molar-refractivity contribution in [2.45, 2.75) is 20.4 Å². The number of nitrogens with one attached hydrogen (secondary N) is 1. The normalized spacial score (nSPS) is 10.6. The first-order valence-electron chi connectivity index (χ1n) is 7.28. The molecule has 0 saturated carbocycles. The predicted molar refractivity (Wildman–Crippen MR) is 92.4 cm³/mol. The molecular weight excluding hydrogens is 324 g/mol. The first-order valence-corrected chi connectivity index (χ1v) is 8.16. The van der Waals surface area contributed by atoms with Gasteiger partial charge >= 0.3 is 0 Å². The highest BCUT2D eigenvalue weighted by Crippen LogP contribution is 2.22. The average Bonchev–Trinajstić information content (AvgIpc) is 3.00. The third-order valence-corrected chi connectivity index (χ3v) is 4.33. The third-order valence-electron chi connectivity index (χ3n) is 3.35. The zero-order valence-corrected chi connectivity index (χ0v) is 14.1. The molecule has 0 saturated heterocycles. The van der Waals surface area contributed by atoms with Crippen molar-refractivity contribution in [3.8, 4) is 10.7 Å². The van der Waals surface area contributed by atoms with Crippen LogP contribution in [-0.2, 0) is 6.54 Å². The Labute approximate surface area is 143 Å². The quantitative estimate of drug-likeness (QED) is 0.753. The number of amides is 1. The highest BCUT2D eigenvalue weighted by atomic mass is 32.1. The van der Waals surface area contributed by atoms with Gasteiger partial charge in [-0.15, -0.1) is 11.3 Å². The van der Waals surface area contributed by atoms with Crippen molar-refractivity contribution in [3.63, 3.8) is 0 Å². The molecule has 24 heavy (non-hydrogen) atoms. The van der Waals surface area contributed by atoms with Crippen molar-refractivity contribution >= 4 is 23.2 Å². The van der Waals surface area contributed by atoms with Crippen molar-refractivity contribution in [1.82, 2.24) is 25.3 Å². The summed E-state index contributed by atoms with van der Waals surface area (Å²) in [6.07, 6.45) is 1.69. The Kier molecular flexibility index (Phi) is 4.48. The second-order valence-electron chi connectivity index (χ2n) is 5.24. The minimum atomic E-state index is -0.330. The van der Waals surface area contributed by atoms with E-state index in [9.17, 15) is 4.79 Å². The van der Waals surface area contributed by atoms with E-state index in [1.807, 2.05) is 31.4 Å². The minimum Gasteiger partial charge on any atom is -0.368 e. The average molecular weight is 340 g/mol. The monoisotopic (exact) mass is 340 g/mol. The van der Waals surface area contributed by atoms with Crippen LogP contribution in [0.4, 0.5) is 5.95 Å². The molecule has 7 nitrogen and oxygen atoms in total. The van der Waals surface area contributed by atoms with E-state index in [0.29, 0.717) is 17.2 Å². The summed E-state index contributed by atoms with van der Waals surface area (Å²) in [7, 11) is 0. The van der Waals surface area contributed by atoms with Gasteiger partial charge in [-0.3, -0.25) is 9.78 Å². The molecule has 0 aliphatic heterocycles. The highest BCUT2D eigenvalue weighted by molar-refractivity contribution is 7.13. The van der Waals surface area contributed by atoms with Gasteiger partial charge in [0.25, 0.3) is 5.91 Å². The van der Waals surface area contributed by atoms with E-state index >= 15 is 0 Å². The van der Waals surface area contributed by atoms with E-state index in [-0.39, 0.29) is 17.5 Å². The summed E-state index contributed by atoms with van der Waals surface area (Å²) in [4.78, 5) is 29.1. The van der Waals surface area contributed by atoms with Crippen molar-refractivity contribution < 1.29 is 4.79 Å². The molecule has 3 N–H and O–H groups in total. The first-order chi connectivity index (χ1) is 11.5. The van der Waals surface area contributed by atoms with Crippen LogP contribution in [0, 0.1) is 13.8 Å². The van der Waals surface area contributed by atoms with Crippen LogP contribution in [0.2, 0.25) is 0 Å². The Morgan fingerprint density at radius 3 is 2.83 bits per heavy atom. The minimum absolute atomic E-state index is 0.0412. The molecule has 0 fully saturated rings. The number of thiazole rings is 1. The van der Waals surface area contributed by atoms with Crippen LogP contribution in [0.1, 0.15) is 27.4 Å². The van der Waals surface area contributed by atoms with E-state index in [1.54, 1.807) is 12.3 Å². The summed E-state index contributed by atoms with van der Waals surface area (Å²) in [5, 5.41) is 5.42. The number of carbonyl (C=O) groups is 1. The maximum absolute atomic E-state index is 12.4. The first kappa shape index (κ1) is 16.0. The van der Waals surface area contributed by atoms with Gasteiger partial charge in [0.05, 0.1) is 12.2 Å². The van der Waals surface area contributed by atoms with Gasteiger partial charge in [-0.05, 0) is 31.5 Å². The van der Waals surface area contributed by atoms with Gasteiger partial charge in [0.2, 0.25) is 5.95 Å². The highest BCUT2D eigenvalue weighted by Gasteiger charge is 2.14. The molecule has 0 bridgehead atoms. The van der Waals surface area contributed by atoms with Crippen LogP contribution in [-0.4, -0.2) is 25.8 Å². The second-order valence-corrected chi connectivity index (χ2v) is 6.10. The number of rotatable bonds is 4. The molecule has 3 aromatic heterocycles. The topological polar surface area (TPSA) is 107 Å². The number of nitrogens with zero attached hydrogens (tertiary/aromatic N) is 4. The molecule has 0 atom stereocenters. The molecule has 1 amide bonds. The lowest BCUT2D eigenvalue weighted by Gasteiger charge is -2.07. The van der Waals surface area contributed by atoms with Gasteiger partial charge in [-0.2, -0.15) is 0 Å². The van der Waals surface area contributed by atoms with Gasteiger partial charge in [0.1, 0.15) is 16.4 Å². The number of aromatic nitrogens is 4. The van der Waals surface area contributed by atoms with Crippen LogP contribution in [0.15, 0.2) is 29.8 Å². The van der Waals surface area contributed by atoms with Crippen LogP contribution in [0.5, 0.6) is 0 Å². The Bertz CT molecular complexity index is 892. The fourth-order valence-corrected chi connectivity index (χ4v) is 2.88. The smallest absolute Gasteiger partial charge is 0.270 e. The molecule has 3 heterocycles. The summed E-state index contributed by atoms with van der Waals surface area (Å²) < 4.78 is 0. The summed E-state index contributed by atoms with van der Waals surface area (Å²) in [6, 6.07) is 5.39. The Morgan fingerprint density at radius 2 is 2.12 bits per heavy atom. The number of nitrogen functional groups attached to an aromatic ring is 1. The number of anilines is 1. The number of hydrogen-bond acceptors (Lipinski definition) is 7. The molecule has 8 heteroatoms. The standard InChI is InChI=1S/C16H16N6OS/c1-9-4-3-5-18-13(9)7-19-14(23)11-6-12(22-16(17)21-11)15-20-10(2)8-24-15/h3-6,8H,7H2,1-2H3,(H,19,23)(H2,17,21,22). The largest absolute Gasteiger partial charge is 0.368 e. The molecule has 0 spiro atoms. The number of nitrogens with two attached hydrogens (primary N) is 1. The fraction of sp³-hybridized carbons (Fsp3) is 0.188. The van der Waals surface area contributed by atoms with Crippen molar-refractivity contribution in [2.24, 2.45) is 0 Å².